The fourth-order valence-corrected chi connectivity index (χ4v) is 2.87. The maximum absolute atomic E-state index is 12.2. The molecule has 0 spiro atoms. The van der Waals surface area contributed by atoms with Crippen molar-refractivity contribution in [1.82, 2.24) is 0 Å². The van der Waals surface area contributed by atoms with Crippen LogP contribution >= 0.6 is 0 Å². The second kappa shape index (κ2) is 6.32. The molecule has 0 N–H and O–H groups in total. The summed E-state index contributed by atoms with van der Waals surface area (Å²) >= 11 is 0. The quantitative estimate of drug-likeness (QED) is 0.792. The van der Waals surface area contributed by atoms with E-state index in [1.54, 1.807) is 43.3 Å². The highest BCUT2D eigenvalue weighted by molar-refractivity contribution is 7.87. The van der Waals surface area contributed by atoms with E-state index in [2.05, 4.69) is 0 Å². The standard InChI is InChI=1S/C17H18O4S/c1-12-7-9-17(10-8-12)22(19,20)21-16-6-4-5-15(11-16)13(2)14(3)18/h4-11,13H,1-3H3. The summed E-state index contributed by atoms with van der Waals surface area (Å²) in [5.74, 6) is -0.0876. The maximum Gasteiger partial charge on any atom is 0.339 e. The molecule has 0 aromatic heterocycles. The molecule has 0 aliphatic rings. The van der Waals surface area contributed by atoms with Crippen molar-refractivity contribution in [3.8, 4) is 5.75 Å². The molecule has 0 aliphatic carbocycles. The summed E-state index contributed by atoms with van der Waals surface area (Å²) in [6.45, 7) is 5.15. The third-order valence-corrected chi connectivity index (χ3v) is 4.74. The number of aryl methyl sites for hydroxylation is 1. The van der Waals surface area contributed by atoms with Crippen molar-refractivity contribution < 1.29 is 17.4 Å². The Morgan fingerprint density at radius 2 is 1.73 bits per heavy atom. The third kappa shape index (κ3) is 3.74. The normalized spacial score (nSPS) is 12.7. The molecule has 1 atom stereocenters. The number of hydrogen-bond acceptors (Lipinski definition) is 4. The first kappa shape index (κ1) is 16.2. The molecule has 0 saturated carbocycles. The van der Waals surface area contributed by atoms with E-state index in [1.165, 1.54) is 19.1 Å². The number of benzene rings is 2. The summed E-state index contributed by atoms with van der Waals surface area (Å²) in [6, 6.07) is 13.0. The molecule has 0 fully saturated rings. The third-order valence-electron chi connectivity index (χ3n) is 3.48. The molecule has 1 unspecified atom stereocenters. The van der Waals surface area contributed by atoms with Crippen LogP contribution in [0.2, 0.25) is 0 Å². The van der Waals surface area contributed by atoms with E-state index in [0.717, 1.165) is 11.1 Å². The van der Waals surface area contributed by atoms with E-state index in [-0.39, 0.29) is 22.3 Å². The smallest absolute Gasteiger partial charge is 0.339 e. The van der Waals surface area contributed by atoms with Gasteiger partial charge < -0.3 is 4.18 Å². The van der Waals surface area contributed by atoms with Crippen LogP contribution in [0.25, 0.3) is 0 Å². The Bertz CT molecular complexity index is 777. The molecule has 0 aliphatic heterocycles. The van der Waals surface area contributed by atoms with Crippen LogP contribution in [0.4, 0.5) is 0 Å². The molecule has 0 bridgehead atoms. The Morgan fingerprint density at radius 3 is 2.32 bits per heavy atom. The summed E-state index contributed by atoms with van der Waals surface area (Å²) in [6.07, 6.45) is 0. The SMILES string of the molecule is CC(=O)C(C)c1cccc(OS(=O)(=O)c2ccc(C)cc2)c1. The highest BCUT2D eigenvalue weighted by atomic mass is 32.2. The fourth-order valence-electron chi connectivity index (χ4n) is 1.95. The van der Waals surface area contributed by atoms with Crippen molar-refractivity contribution >= 4 is 15.9 Å². The van der Waals surface area contributed by atoms with Gasteiger partial charge in [0.15, 0.2) is 0 Å². The molecular weight excluding hydrogens is 300 g/mol. The lowest BCUT2D eigenvalue weighted by molar-refractivity contribution is -0.118. The lowest BCUT2D eigenvalue weighted by Gasteiger charge is -2.11. The van der Waals surface area contributed by atoms with Crippen molar-refractivity contribution in [2.45, 2.75) is 31.6 Å². The van der Waals surface area contributed by atoms with Crippen LogP contribution < -0.4 is 4.18 Å². The number of hydrogen-bond donors (Lipinski definition) is 0. The van der Waals surface area contributed by atoms with E-state index in [9.17, 15) is 13.2 Å². The van der Waals surface area contributed by atoms with Crippen LogP contribution in [0.1, 0.15) is 30.9 Å². The summed E-state index contributed by atoms with van der Waals surface area (Å²) < 4.78 is 29.6. The first-order chi connectivity index (χ1) is 10.3. The summed E-state index contributed by atoms with van der Waals surface area (Å²) in [4.78, 5) is 11.5. The highest BCUT2D eigenvalue weighted by Gasteiger charge is 2.18. The van der Waals surface area contributed by atoms with Crippen LogP contribution in [0.5, 0.6) is 5.75 Å². The monoisotopic (exact) mass is 318 g/mol. The van der Waals surface area contributed by atoms with E-state index in [1.807, 2.05) is 6.92 Å². The van der Waals surface area contributed by atoms with Crippen molar-refractivity contribution in [2.24, 2.45) is 0 Å². The van der Waals surface area contributed by atoms with Crippen LogP contribution in [0.3, 0.4) is 0 Å². The van der Waals surface area contributed by atoms with E-state index in [4.69, 9.17) is 4.18 Å². The molecule has 2 rings (SSSR count). The number of ketones is 1. The molecule has 22 heavy (non-hydrogen) atoms. The molecule has 0 saturated heterocycles. The molecular formula is C17H18O4S. The zero-order chi connectivity index (χ0) is 16.3. The van der Waals surface area contributed by atoms with Gasteiger partial charge in [-0.05, 0) is 43.7 Å². The highest BCUT2D eigenvalue weighted by Crippen LogP contribution is 2.24. The van der Waals surface area contributed by atoms with Gasteiger partial charge in [-0.25, -0.2) is 0 Å². The zero-order valence-corrected chi connectivity index (χ0v) is 13.6. The molecule has 2 aromatic rings. The summed E-state index contributed by atoms with van der Waals surface area (Å²) in [5, 5.41) is 0. The van der Waals surface area contributed by atoms with Crippen LogP contribution in [-0.4, -0.2) is 14.2 Å². The lowest BCUT2D eigenvalue weighted by atomic mass is 9.98. The number of rotatable bonds is 5. The lowest BCUT2D eigenvalue weighted by Crippen LogP contribution is -2.10. The van der Waals surface area contributed by atoms with Gasteiger partial charge in [-0.2, -0.15) is 8.42 Å². The molecule has 0 heterocycles. The van der Waals surface area contributed by atoms with Gasteiger partial charge in [0.2, 0.25) is 0 Å². The van der Waals surface area contributed by atoms with Crippen molar-refractivity contribution in [2.75, 3.05) is 0 Å². The van der Waals surface area contributed by atoms with Gasteiger partial charge >= 0.3 is 10.1 Å². The Balaban J connectivity index is 2.28. The minimum Gasteiger partial charge on any atom is -0.379 e. The largest absolute Gasteiger partial charge is 0.379 e. The first-order valence-corrected chi connectivity index (χ1v) is 8.32. The molecule has 5 heteroatoms. The number of carbonyl (C=O) groups excluding carboxylic acids is 1. The summed E-state index contributed by atoms with van der Waals surface area (Å²) in [5.41, 5.74) is 1.69. The fraction of sp³-hybridized carbons (Fsp3) is 0.235. The second-order valence-corrected chi connectivity index (χ2v) is 6.80. The minimum absolute atomic E-state index is 0.0125. The minimum atomic E-state index is -3.88. The topological polar surface area (TPSA) is 60.4 Å². The Hall–Kier alpha value is -2.14. The predicted molar refractivity (Wildman–Crippen MR) is 84.5 cm³/mol. The Morgan fingerprint density at radius 1 is 1.09 bits per heavy atom. The van der Waals surface area contributed by atoms with Crippen LogP contribution in [0.15, 0.2) is 53.4 Å². The van der Waals surface area contributed by atoms with Crippen LogP contribution in [-0.2, 0) is 14.9 Å². The molecule has 4 nitrogen and oxygen atoms in total. The Labute approximate surface area is 130 Å². The van der Waals surface area contributed by atoms with Gasteiger partial charge in [-0.1, -0.05) is 36.8 Å². The second-order valence-electron chi connectivity index (χ2n) is 5.26. The van der Waals surface area contributed by atoms with Crippen molar-refractivity contribution in [3.05, 3.63) is 59.7 Å². The van der Waals surface area contributed by atoms with Gasteiger partial charge in [0.1, 0.15) is 16.4 Å². The number of carbonyl (C=O) groups is 1. The average molecular weight is 318 g/mol. The van der Waals surface area contributed by atoms with E-state index >= 15 is 0 Å². The van der Waals surface area contributed by atoms with Gasteiger partial charge in [-0.15, -0.1) is 0 Å². The molecule has 0 amide bonds. The zero-order valence-electron chi connectivity index (χ0n) is 12.7. The number of Topliss-reactive ketones (excluding diaryl/α,β-unsaturated/α-hetero) is 1. The van der Waals surface area contributed by atoms with Crippen LogP contribution in [0, 0.1) is 6.92 Å². The first-order valence-electron chi connectivity index (χ1n) is 6.91. The van der Waals surface area contributed by atoms with Crippen molar-refractivity contribution in [3.63, 3.8) is 0 Å². The molecule has 116 valence electrons. The van der Waals surface area contributed by atoms with E-state index in [0.29, 0.717) is 0 Å². The van der Waals surface area contributed by atoms with E-state index < -0.39 is 10.1 Å². The van der Waals surface area contributed by atoms with Gasteiger partial charge in [-0.3, -0.25) is 4.79 Å². The molecule has 2 aromatic carbocycles. The molecule has 0 radical (unpaired) electrons. The average Bonchev–Trinajstić information content (AvgIpc) is 2.46. The maximum atomic E-state index is 12.2. The van der Waals surface area contributed by atoms with Crippen molar-refractivity contribution in [1.29, 1.82) is 0 Å². The van der Waals surface area contributed by atoms with Gasteiger partial charge in [0.25, 0.3) is 0 Å². The summed E-state index contributed by atoms with van der Waals surface area (Å²) in [7, 11) is -3.88. The van der Waals surface area contributed by atoms with Gasteiger partial charge in [0.05, 0.1) is 0 Å². The predicted octanol–water partition coefficient (Wildman–Crippen LogP) is 3.46. The van der Waals surface area contributed by atoms with Gasteiger partial charge in [0, 0.05) is 5.92 Å². The Kier molecular flexibility index (Phi) is 4.66.